The first-order valence-corrected chi connectivity index (χ1v) is 14.5. The zero-order chi connectivity index (χ0) is 24.7. The summed E-state index contributed by atoms with van der Waals surface area (Å²) in [6.07, 6.45) is 0. The second kappa shape index (κ2) is 11.2. The van der Waals surface area contributed by atoms with Gasteiger partial charge in [-0.2, -0.15) is 0 Å². The number of aromatic nitrogens is 1. The van der Waals surface area contributed by atoms with Gasteiger partial charge in [-0.15, -0.1) is 21.6 Å². The highest BCUT2D eigenvalue weighted by Crippen LogP contribution is 2.54. The molecule has 176 valence electrons. The summed E-state index contributed by atoms with van der Waals surface area (Å²) < 4.78 is 34.0. The fraction of sp³-hybridized carbons (Fsp3) is 0. The molecule has 8 heteroatoms. The maximum Gasteiger partial charge on any atom is 0.209 e. The van der Waals surface area contributed by atoms with Crippen molar-refractivity contribution in [1.82, 2.24) is 4.98 Å². The Labute approximate surface area is 210 Å². The van der Waals surface area contributed by atoms with E-state index in [-0.39, 0.29) is 0 Å². The Morgan fingerprint density at radius 1 is 0.543 bits per heavy atom. The lowest BCUT2D eigenvalue weighted by Gasteiger charge is -2.25. The molecule has 5 aromatic rings. The molecule has 5 nitrogen and oxygen atoms in total. The SMILES string of the molecule is [O-][Cl+3]([O-])([O-])[O-].c1ccc(-c2nc([P+](c3ccccc3)(c3ccccc3)c3ccccc3)cs2)cc1. The molecule has 0 fully saturated rings. The molecular formula is C27H21ClNO4PS. The van der Waals surface area contributed by atoms with Crippen LogP contribution in [0.4, 0.5) is 0 Å². The van der Waals surface area contributed by atoms with Crippen molar-refractivity contribution in [2.75, 3.05) is 0 Å². The summed E-state index contributed by atoms with van der Waals surface area (Å²) in [6.45, 7) is 0. The van der Waals surface area contributed by atoms with E-state index in [1.54, 1.807) is 11.3 Å². The fourth-order valence-electron chi connectivity index (χ4n) is 3.93. The first-order chi connectivity index (χ1) is 16.9. The van der Waals surface area contributed by atoms with Gasteiger partial charge >= 0.3 is 0 Å². The molecule has 1 heterocycles. The lowest BCUT2D eigenvalue weighted by molar-refractivity contribution is -2.00. The van der Waals surface area contributed by atoms with Gasteiger partial charge in [0.1, 0.15) is 20.9 Å². The quantitative estimate of drug-likeness (QED) is 0.316. The van der Waals surface area contributed by atoms with Crippen molar-refractivity contribution < 1.29 is 28.9 Å². The molecule has 0 amide bonds. The van der Waals surface area contributed by atoms with Crippen molar-refractivity contribution in [3.8, 4) is 10.6 Å². The van der Waals surface area contributed by atoms with E-state index < -0.39 is 17.5 Å². The van der Waals surface area contributed by atoms with E-state index >= 15 is 0 Å². The summed E-state index contributed by atoms with van der Waals surface area (Å²) in [6, 6.07) is 43.1. The van der Waals surface area contributed by atoms with E-state index in [2.05, 4.69) is 121 Å². The summed E-state index contributed by atoms with van der Waals surface area (Å²) in [7, 11) is -7.05. The van der Waals surface area contributed by atoms with Crippen LogP contribution < -0.4 is 40.0 Å². The van der Waals surface area contributed by atoms with E-state index in [9.17, 15) is 0 Å². The minimum atomic E-state index is -4.94. The molecule has 0 atom stereocenters. The number of hydrogen-bond donors (Lipinski definition) is 0. The lowest BCUT2D eigenvalue weighted by Crippen LogP contribution is -2.68. The average Bonchev–Trinajstić information content (AvgIpc) is 3.37. The standard InChI is InChI=1S/C27H21NPS.ClHO4/c1-5-13-22(14-6-1)27-28-26(21-30-27)29(23-15-7-2-8-16-23,24-17-9-3-10-18-24)25-19-11-4-12-20-25;2-1(3,4)5/h1-21H;(H,2,3,4,5)/q+1;/p-1. The molecule has 0 saturated carbocycles. The van der Waals surface area contributed by atoms with Gasteiger partial charge in [-0.1, -0.05) is 84.9 Å². The van der Waals surface area contributed by atoms with Crippen molar-refractivity contribution in [2.45, 2.75) is 0 Å². The van der Waals surface area contributed by atoms with Gasteiger partial charge in [0.05, 0.1) is 5.38 Å². The molecule has 35 heavy (non-hydrogen) atoms. The third-order valence-electron chi connectivity index (χ3n) is 5.29. The van der Waals surface area contributed by atoms with Crippen LogP contribution in [0.15, 0.2) is 127 Å². The molecule has 5 rings (SSSR count). The minimum absolute atomic E-state index is 1.07. The average molecular weight is 522 g/mol. The van der Waals surface area contributed by atoms with Gasteiger partial charge in [-0.25, -0.2) is 23.6 Å². The molecule has 0 bridgehead atoms. The number of thiazole rings is 1. The van der Waals surface area contributed by atoms with Gasteiger partial charge < -0.3 is 0 Å². The van der Waals surface area contributed by atoms with Gasteiger partial charge in [0.25, 0.3) is 0 Å². The van der Waals surface area contributed by atoms with Gasteiger partial charge in [0.2, 0.25) is 5.44 Å². The number of benzene rings is 4. The number of nitrogens with zero attached hydrogens (tertiary/aromatic N) is 1. The van der Waals surface area contributed by atoms with Crippen molar-refractivity contribution in [3.05, 3.63) is 127 Å². The second-order valence-corrected chi connectivity index (χ2v) is 12.4. The van der Waals surface area contributed by atoms with Crippen LogP contribution in [0.2, 0.25) is 0 Å². The van der Waals surface area contributed by atoms with E-state index in [1.165, 1.54) is 21.5 Å². The summed E-state index contributed by atoms with van der Waals surface area (Å²) in [5, 5.41) is 7.31. The van der Waals surface area contributed by atoms with Crippen LogP contribution in [0.3, 0.4) is 0 Å². The van der Waals surface area contributed by atoms with Crippen LogP contribution in [0.25, 0.3) is 10.6 Å². The molecule has 0 N–H and O–H groups in total. The van der Waals surface area contributed by atoms with Gasteiger partial charge in [-0.3, -0.25) is 0 Å². The highest BCUT2D eigenvalue weighted by atomic mass is 35.7. The fourth-order valence-corrected chi connectivity index (χ4v) is 9.28. The van der Waals surface area contributed by atoms with Crippen molar-refractivity contribution in [2.24, 2.45) is 0 Å². The Morgan fingerprint density at radius 2 is 0.886 bits per heavy atom. The Balaban J connectivity index is 0.000000527. The van der Waals surface area contributed by atoms with Gasteiger partial charge in [-0.05, 0) is 36.4 Å². The molecule has 0 radical (unpaired) electrons. The Hall–Kier alpha value is -2.93. The second-order valence-electron chi connectivity index (χ2n) is 7.43. The predicted octanol–water partition coefficient (Wildman–Crippen LogP) is 0.674. The molecular weight excluding hydrogens is 501 g/mol. The van der Waals surface area contributed by atoms with Crippen LogP contribution in [0.1, 0.15) is 0 Å². The summed E-state index contributed by atoms with van der Waals surface area (Å²) >= 11 is 1.73. The van der Waals surface area contributed by atoms with Crippen molar-refractivity contribution in [3.63, 3.8) is 0 Å². The first kappa shape index (κ1) is 25.2. The van der Waals surface area contributed by atoms with E-state index in [4.69, 9.17) is 23.6 Å². The lowest BCUT2D eigenvalue weighted by atomic mass is 10.2. The molecule has 0 saturated heterocycles. The zero-order valence-corrected chi connectivity index (χ0v) is 20.9. The van der Waals surface area contributed by atoms with E-state index in [0.717, 1.165) is 10.4 Å². The van der Waals surface area contributed by atoms with Crippen LogP contribution in [-0.4, -0.2) is 4.98 Å². The van der Waals surface area contributed by atoms with Crippen molar-refractivity contribution in [1.29, 1.82) is 0 Å². The van der Waals surface area contributed by atoms with Crippen molar-refractivity contribution >= 4 is 39.9 Å². The number of rotatable bonds is 5. The molecule has 0 spiro atoms. The third-order valence-corrected chi connectivity index (χ3v) is 10.5. The topological polar surface area (TPSA) is 105 Å². The smallest absolute Gasteiger partial charge is 0.209 e. The maximum absolute atomic E-state index is 8.49. The largest absolute Gasteiger partial charge is 0.222 e. The zero-order valence-electron chi connectivity index (χ0n) is 18.4. The minimum Gasteiger partial charge on any atom is -0.222 e. The molecule has 1 aromatic heterocycles. The number of hydrogen-bond acceptors (Lipinski definition) is 6. The molecule has 0 aliphatic carbocycles. The molecule has 4 aromatic carbocycles. The van der Waals surface area contributed by atoms with Crippen LogP contribution in [-0.2, 0) is 0 Å². The van der Waals surface area contributed by atoms with E-state index in [0.29, 0.717) is 0 Å². The summed E-state index contributed by atoms with van der Waals surface area (Å²) in [5.74, 6) is 0. The Kier molecular flexibility index (Phi) is 8.06. The molecule has 0 unspecified atom stereocenters. The first-order valence-electron chi connectivity index (χ1n) is 10.6. The van der Waals surface area contributed by atoms with E-state index in [1.807, 2.05) is 6.07 Å². The van der Waals surface area contributed by atoms with Crippen LogP contribution in [0.5, 0.6) is 0 Å². The van der Waals surface area contributed by atoms with Gasteiger partial charge in [0, 0.05) is 5.56 Å². The summed E-state index contributed by atoms with van der Waals surface area (Å²) in [4.78, 5) is 5.25. The van der Waals surface area contributed by atoms with Crippen LogP contribution >= 0.6 is 18.6 Å². The monoisotopic (exact) mass is 521 g/mol. The van der Waals surface area contributed by atoms with Crippen LogP contribution in [0, 0.1) is 10.2 Å². The number of halogens is 1. The Morgan fingerprint density at radius 3 is 1.26 bits per heavy atom. The molecule has 0 aliphatic rings. The third kappa shape index (κ3) is 6.01. The predicted molar refractivity (Wildman–Crippen MR) is 132 cm³/mol. The highest BCUT2D eigenvalue weighted by molar-refractivity contribution is 8.01. The summed E-state index contributed by atoms with van der Waals surface area (Å²) in [5.41, 5.74) is 2.33. The normalized spacial score (nSPS) is 11.4. The van der Waals surface area contributed by atoms with Gasteiger partial charge in [0.15, 0.2) is 7.26 Å². The maximum atomic E-state index is 8.49. The molecule has 0 aliphatic heterocycles. The Bertz CT molecular complexity index is 1230. The highest BCUT2D eigenvalue weighted by Gasteiger charge is 2.49.